The maximum Gasteiger partial charge on any atom is 0.348 e. The molecule has 2 unspecified atom stereocenters. The van der Waals surface area contributed by atoms with Gasteiger partial charge in [-0.05, 0) is 23.6 Å². The average Bonchev–Trinajstić information content (AvgIpc) is 3.18. The summed E-state index contributed by atoms with van der Waals surface area (Å²) in [6.07, 6.45) is 0.384. The number of fused-ring (bicyclic) bond motifs is 1. The number of nitrogens with zero attached hydrogens (tertiary/aromatic N) is 2. The third kappa shape index (κ3) is 4.60. The standard InChI is InChI=1S/C22H23B5ClF2N3O4/c23-12-6-11(15(24)16(25)17(12)28)22(29,30)21(37)33(27)18(26)8-1-2-10-9(5-8)7-32(20(10)36)13-3-4-14(34)31-19(13)35/h1-2,5-6,13,18H,3-4,7,23-27H2,(H,31,34,35). The first-order valence-electron chi connectivity index (χ1n) is 11.9. The summed E-state index contributed by atoms with van der Waals surface area (Å²) in [7, 11) is 7.74. The zero-order chi connectivity index (χ0) is 27.4. The van der Waals surface area contributed by atoms with E-state index in [1.54, 1.807) is 41.7 Å². The van der Waals surface area contributed by atoms with Crippen LogP contribution >= 0.6 is 11.6 Å². The second-order valence-corrected chi connectivity index (χ2v) is 10.2. The fraction of sp³-hybridized carbons (Fsp3) is 0.273. The van der Waals surface area contributed by atoms with Crippen molar-refractivity contribution in [3.8, 4) is 0 Å². The van der Waals surface area contributed by atoms with Crippen LogP contribution < -0.4 is 21.7 Å². The number of carbonyl (C=O) groups excluding carboxylic acids is 4. The molecule has 2 aromatic carbocycles. The number of halogens is 3. The van der Waals surface area contributed by atoms with Crippen molar-refractivity contribution in [2.75, 3.05) is 0 Å². The van der Waals surface area contributed by atoms with E-state index in [1.165, 1.54) is 26.8 Å². The number of hydrogen-bond donors (Lipinski definition) is 1. The van der Waals surface area contributed by atoms with Gasteiger partial charge in [-0.2, -0.15) is 8.78 Å². The molecular weight excluding hydrogens is 498 g/mol. The van der Waals surface area contributed by atoms with Crippen LogP contribution in [0.5, 0.6) is 0 Å². The highest BCUT2D eigenvalue weighted by Gasteiger charge is 2.45. The van der Waals surface area contributed by atoms with Crippen LogP contribution in [0.1, 0.15) is 45.8 Å². The Morgan fingerprint density at radius 1 is 1.16 bits per heavy atom. The fourth-order valence-corrected chi connectivity index (χ4v) is 5.16. The molecule has 0 aliphatic carbocycles. The highest BCUT2D eigenvalue weighted by atomic mass is 35.5. The summed E-state index contributed by atoms with van der Waals surface area (Å²) in [5, 5.41) is 2.65. The SMILES string of the molecule is Bc1cc(C(F)(F)C(=O)N(B)C(B)c2ccc3c(c2)CN(C2CCC(=O)NC2=O)C3=O)c(B)c(B)c1Cl. The Labute approximate surface area is 222 Å². The van der Waals surface area contributed by atoms with Crippen molar-refractivity contribution >= 4 is 91.0 Å². The summed E-state index contributed by atoms with van der Waals surface area (Å²) < 4.78 is 30.9. The van der Waals surface area contributed by atoms with E-state index in [9.17, 15) is 19.2 Å². The lowest BCUT2D eigenvalue weighted by atomic mass is 9.72. The molecule has 2 aromatic rings. The molecule has 2 atom stereocenters. The lowest BCUT2D eigenvalue weighted by Crippen LogP contribution is -2.52. The van der Waals surface area contributed by atoms with Crippen LogP contribution in [0.4, 0.5) is 8.78 Å². The normalized spacial score (nSPS) is 18.4. The molecule has 7 nitrogen and oxygen atoms in total. The molecule has 4 rings (SSSR count). The van der Waals surface area contributed by atoms with Crippen LogP contribution in [-0.2, 0) is 26.9 Å². The quantitative estimate of drug-likeness (QED) is 0.319. The third-order valence-electron chi connectivity index (χ3n) is 7.54. The Kier molecular flexibility index (Phi) is 7.09. The second-order valence-electron chi connectivity index (χ2n) is 9.79. The fourth-order valence-electron chi connectivity index (χ4n) is 4.97. The predicted octanol–water partition coefficient (Wildman–Crippen LogP) is -4.32. The molecule has 0 saturated carbocycles. The molecule has 0 radical (unpaired) electrons. The van der Waals surface area contributed by atoms with E-state index in [4.69, 9.17) is 11.6 Å². The van der Waals surface area contributed by atoms with Crippen LogP contribution in [0.3, 0.4) is 0 Å². The molecule has 2 heterocycles. The number of nitrogens with one attached hydrogen (secondary N) is 1. The number of benzene rings is 2. The summed E-state index contributed by atoms with van der Waals surface area (Å²) >= 11 is 6.20. The predicted molar refractivity (Wildman–Crippen MR) is 149 cm³/mol. The van der Waals surface area contributed by atoms with Gasteiger partial charge in [-0.3, -0.25) is 24.5 Å². The number of carbonyl (C=O) groups is 4. The molecule has 0 bridgehead atoms. The summed E-state index contributed by atoms with van der Waals surface area (Å²) in [6.45, 7) is 0.150. The Morgan fingerprint density at radius 3 is 2.49 bits per heavy atom. The molecular formula is C22H23B5ClF2N3O4. The van der Waals surface area contributed by atoms with Gasteiger partial charge >= 0.3 is 5.92 Å². The van der Waals surface area contributed by atoms with Crippen molar-refractivity contribution in [2.45, 2.75) is 37.3 Å². The van der Waals surface area contributed by atoms with Crippen LogP contribution in [0, 0.1) is 0 Å². The molecule has 0 aromatic heterocycles. The number of hydrogen-bond acceptors (Lipinski definition) is 4. The van der Waals surface area contributed by atoms with Gasteiger partial charge in [0.25, 0.3) is 11.8 Å². The number of piperidine rings is 1. The van der Waals surface area contributed by atoms with Crippen LogP contribution in [0.25, 0.3) is 0 Å². The van der Waals surface area contributed by atoms with Crippen molar-refractivity contribution in [3.63, 3.8) is 0 Å². The highest BCUT2D eigenvalue weighted by molar-refractivity contribution is 6.59. The van der Waals surface area contributed by atoms with Gasteiger partial charge in [0, 0.05) is 35.1 Å². The highest BCUT2D eigenvalue weighted by Crippen LogP contribution is 2.33. The summed E-state index contributed by atoms with van der Waals surface area (Å²) in [5.41, 5.74) is 2.46. The average molecular weight is 521 g/mol. The maximum atomic E-state index is 15.5. The number of rotatable bonds is 5. The summed E-state index contributed by atoms with van der Waals surface area (Å²) in [5.74, 6) is -7.07. The van der Waals surface area contributed by atoms with Crippen LogP contribution in [0.15, 0.2) is 24.3 Å². The summed E-state index contributed by atoms with van der Waals surface area (Å²) in [4.78, 5) is 52.1. The Morgan fingerprint density at radius 2 is 1.84 bits per heavy atom. The zero-order valence-electron chi connectivity index (χ0n) is 21.2. The van der Waals surface area contributed by atoms with Gasteiger partial charge in [0.15, 0.2) is 0 Å². The van der Waals surface area contributed by atoms with Crippen molar-refractivity contribution in [1.29, 1.82) is 0 Å². The largest absolute Gasteiger partial charge is 0.389 e. The molecule has 37 heavy (non-hydrogen) atoms. The van der Waals surface area contributed by atoms with Crippen LogP contribution in [0.2, 0.25) is 5.02 Å². The van der Waals surface area contributed by atoms with E-state index >= 15 is 8.78 Å². The van der Waals surface area contributed by atoms with Crippen molar-refractivity contribution in [1.82, 2.24) is 15.0 Å². The Hall–Kier alpha value is -3.01. The third-order valence-corrected chi connectivity index (χ3v) is 8.12. The maximum absolute atomic E-state index is 15.5. The van der Waals surface area contributed by atoms with Crippen molar-refractivity contribution in [3.05, 3.63) is 51.5 Å². The minimum absolute atomic E-state index is 0.145. The number of alkyl halides is 2. The van der Waals surface area contributed by atoms with Gasteiger partial charge in [0.05, 0.1) is 0 Å². The first kappa shape index (κ1) is 27.0. The minimum atomic E-state index is -3.78. The minimum Gasteiger partial charge on any atom is -0.389 e. The second kappa shape index (κ2) is 9.70. The Balaban J connectivity index is 1.57. The molecule has 1 fully saturated rings. The van der Waals surface area contributed by atoms with Gasteiger partial charge < -0.3 is 9.71 Å². The van der Waals surface area contributed by atoms with Gasteiger partial charge in [0.1, 0.15) is 37.4 Å². The molecule has 186 valence electrons. The number of imide groups is 1. The molecule has 4 amide bonds. The molecule has 1 N–H and O–H groups in total. The molecule has 15 heteroatoms. The van der Waals surface area contributed by atoms with Crippen molar-refractivity contribution in [2.24, 2.45) is 0 Å². The van der Waals surface area contributed by atoms with E-state index in [0.29, 0.717) is 32.6 Å². The first-order chi connectivity index (χ1) is 17.2. The molecule has 0 spiro atoms. The van der Waals surface area contributed by atoms with Crippen molar-refractivity contribution < 1.29 is 28.0 Å². The van der Waals surface area contributed by atoms with E-state index < -0.39 is 29.7 Å². The lowest BCUT2D eigenvalue weighted by molar-refractivity contribution is -0.154. The van der Waals surface area contributed by atoms with Gasteiger partial charge in [0.2, 0.25) is 19.8 Å². The van der Waals surface area contributed by atoms with Gasteiger partial charge in [-0.15, -0.1) is 0 Å². The molecule has 2 aliphatic rings. The van der Waals surface area contributed by atoms with E-state index in [1.807, 2.05) is 0 Å². The zero-order valence-corrected chi connectivity index (χ0v) is 22.0. The van der Waals surface area contributed by atoms with E-state index in [0.717, 1.165) is 4.81 Å². The number of amides is 4. The monoisotopic (exact) mass is 521 g/mol. The summed E-state index contributed by atoms with van der Waals surface area (Å²) in [6, 6.07) is 5.41. The Bertz CT molecular complexity index is 1360. The van der Waals surface area contributed by atoms with Crippen LogP contribution in [-0.4, -0.2) is 78.7 Å². The van der Waals surface area contributed by atoms with E-state index in [2.05, 4.69) is 5.32 Å². The van der Waals surface area contributed by atoms with Gasteiger partial charge in [-0.25, -0.2) is 0 Å². The smallest absolute Gasteiger partial charge is 0.348 e. The van der Waals surface area contributed by atoms with E-state index in [-0.39, 0.29) is 42.2 Å². The first-order valence-corrected chi connectivity index (χ1v) is 12.3. The topological polar surface area (TPSA) is 86.8 Å². The van der Waals surface area contributed by atoms with Gasteiger partial charge in [-0.1, -0.05) is 46.2 Å². The molecule has 1 saturated heterocycles. The molecule has 2 aliphatic heterocycles. The lowest BCUT2D eigenvalue weighted by Gasteiger charge is -2.31.